The molecule has 0 heterocycles. The van der Waals surface area contributed by atoms with Gasteiger partial charge in [0.25, 0.3) is 0 Å². The number of guanidine groups is 1. The molecular formula is C14H30IN3O2. The second-order valence-electron chi connectivity index (χ2n) is 4.87. The van der Waals surface area contributed by atoms with Gasteiger partial charge in [-0.3, -0.25) is 4.99 Å². The van der Waals surface area contributed by atoms with Crippen LogP contribution in [0.1, 0.15) is 26.7 Å². The van der Waals surface area contributed by atoms with Gasteiger partial charge < -0.3 is 19.7 Å². The van der Waals surface area contributed by atoms with Gasteiger partial charge in [0, 0.05) is 33.4 Å². The van der Waals surface area contributed by atoms with Crippen LogP contribution in [0, 0.1) is 5.92 Å². The number of hydrogen-bond acceptors (Lipinski definition) is 3. The number of nitrogens with one attached hydrogen (secondary N) is 1. The highest BCUT2D eigenvalue weighted by atomic mass is 127. The summed E-state index contributed by atoms with van der Waals surface area (Å²) in [6, 6.07) is 0. The minimum Gasteiger partial charge on any atom is -0.380 e. The zero-order valence-corrected chi connectivity index (χ0v) is 15.4. The van der Waals surface area contributed by atoms with Crippen LogP contribution in [0.2, 0.25) is 0 Å². The maximum Gasteiger partial charge on any atom is 0.193 e. The lowest BCUT2D eigenvalue weighted by atomic mass is 10.5. The van der Waals surface area contributed by atoms with Crippen molar-refractivity contribution in [3.05, 3.63) is 0 Å². The normalized spacial score (nSPS) is 14.8. The Balaban J connectivity index is 0.00000361. The van der Waals surface area contributed by atoms with Crippen LogP contribution in [0.3, 0.4) is 0 Å². The van der Waals surface area contributed by atoms with Crippen molar-refractivity contribution in [3.63, 3.8) is 0 Å². The molecule has 0 aliphatic heterocycles. The number of rotatable bonds is 10. The fraction of sp³-hybridized carbons (Fsp3) is 0.929. The number of hydrogen-bond donors (Lipinski definition) is 1. The Morgan fingerprint density at radius 3 is 2.60 bits per heavy atom. The molecule has 1 aliphatic rings. The molecule has 1 rings (SSSR count). The van der Waals surface area contributed by atoms with Crippen molar-refractivity contribution in [1.29, 1.82) is 0 Å². The zero-order chi connectivity index (χ0) is 13.9. The number of ether oxygens (including phenoxy) is 2. The Bertz CT molecular complexity index is 261. The van der Waals surface area contributed by atoms with Gasteiger partial charge in [0.15, 0.2) is 5.96 Å². The highest BCUT2D eigenvalue weighted by Gasteiger charge is 2.21. The van der Waals surface area contributed by atoms with Crippen molar-refractivity contribution in [2.45, 2.75) is 26.7 Å². The zero-order valence-electron chi connectivity index (χ0n) is 13.1. The van der Waals surface area contributed by atoms with Crippen LogP contribution in [-0.2, 0) is 9.47 Å². The third kappa shape index (κ3) is 9.77. The average molecular weight is 399 g/mol. The van der Waals surface area contributed by atoms with E-state index in [4.69, 9.17) is 9.47 Å². The second-order valence-corrected chi connectivity index (χ2v) is 4.87. The van der Waals surface area contributed by atoms with Gasteiger partial charge in [-0.05, 0) is 32.6 Å². The molecule has 0 aromatic heterocycles. The molecule has 0 amide bonds. The van der Waals surface area contributed by atoms with Crippen LogP contribution < -0.4 is 5.32 Å². The van der Waals surface area contributed by atoms with Crippen molar-refractivity contribution < 1.29 is 9.47 Å². The first-order valence-electron chi connectivity index (χ1n) is 7.42. The summed E-state index contributed by atoms with van der Waals surface area (Å²) in [7, 11) is 2.04. The summed E-state index contributed by atoms with van der Waals surface area (Å²) in [5.74, 6) is 1.76. The molecule has 0 unspecified atom stereocenters. The molecule has 0 saturated heterocycles. The number of likely N-dealkylation sites (N-methyl/N-ethyl adjacent to an activating group) is 1. The van der Waals surface area contributed by atoms with E-state index in [2.05, 4.69) is 22.1 Å². The molecular weight excluding hydrogens is 369 g/mol. The van der Waals surface area contributed by atoms with Gasteiger partial charge in [0.2, 0.25) is 0 Å². The minimum atomic E-state index is 0. The van der Waals surface area contributed by atoms with E-state index in [0.29, 0.717) is 13.2 Å². The molecule has 0 spiro atoms. The Morgan fingerprint density at radius 1 is 1.25 bits per heavy atom. The van der Waals surface area contributed by atoms with E-state index in [9.17, 15) is 0 Å². The molecule has 1 aliphatic carbocycles. The van der Waals surface area contributed by atoms with E-state index in [1.807, 2.05) is 14.0 Å². The molecule has 0 atom stereocenters. The highest BCUT2D eigenvalue weighted by molar-refractivity contribution is 14.0. The summed E-state index contributed by atoms with van der Waals surface area (Å²) in [4.78, 5) is 6.64. The lowest BCUT2D eigenvalue weighted by molar-refractivity contribution is 0.115. The van der Waals surface area contributed by atoms with Crippen LogP contribution >= 0.6 is 24.0 Å². The summed E-state index contributed by atoms with van der Waals surface area (Å²) >= 11 is 0. The molecule has 1 N–H and O–H groups in total. The quantitative estimate of drug-likeness (QED) is 0.264. The van der Waals surface area contributed by atoms with Gasteiger partial charge in [-0.25, -0.2) is 0 Å². The Labute approximate surface area is 140 Å². The summed E-state index contributed by atoms with van der Waals surface area (Å²) in [6.45, 7) is 9.63. The molecule has 5 nitrogen and oxygen atoms in total. The smallest absolute Gasteiger partial charge is 0.193 e. The Kier molecular flexibility index (Phi) is 12.6. The first-order chi connectivity index (χ1) is 9.27. The molecule has 0 aromatic carbocycles. The Morgan fingerprint density at radius 2 is 2.00 bits per heavy atom. The van der Waals surface area contributed by atoms with Crippen LogP contribution in [-0.4, -0.2) is 64.0 Å². The molecule has 1 fully saturated rings. The predicted octanol–water partition coefficient (Wildman–Crippen LogP) is 1.96. The lowest BCUT2D eigenvalue weighted by Gasteiger charge is -2.22. The maximum atomic E-state index is 5.65. The maximum absolute atomic E-state index is 5.65. The Hall–Kier alpha value is -0.0800. The molecule has 120 valence electrons. The molecule has 0 aromatic rings. The number of aliphatic imine (C=N–C) groups is 1. The van der Waals surface area contributed by atoms with Crippen LogP contribution in [0.25, 0.3) is 0 Å². The van der Waals surface area contributed by atoms with Crippen LogP contribution in [0.15, 0.2) is 4.99 Å². The van der Waals surface area contributed by atoms with E-state index in [1.165, 1.54) is 12.8 Å². The van der Waals surface area contributed by atoms with E-state index in [1.54, 1.807) is 0 Å². The largest absolute Gasteiger partial charge is 0.380 e. The number of nitrogens with zero attached hydrogens (tertiary/aromatic N) is 2. The highest BCUT2D eigenvalue weighted by Crippen LogP contribution is 2.28. The number of halogens is 1. The topological polar surface area (TPSA) is 46.1 Å². The molecule has 0 bridgehead atoms. The summed E-state index contributed by atoms with van der Waals surface area (Å²) in [6.07, 6.45) is 2.69. The molecule has 0 radical (unpaired) electrons. The van der Waals surface area contributed by atoms with Gasteiger partial charge in [0.05, 0.1) is 19.8 Å². The summed E-state index contributed by atoms with van der Waals surface area (Å²) in [5, 5.41) is 3.29. The van der Waals surface area contributed by atoms with Gasteiger partial charge in [0.1, 0.15) is 0 Å². The third-order valence-electron chi connectivity index (χ3n) is 3.02. The van der Waals surface area contributed by atoms with Crippen LogP contribution in [0.4, 0.5) is 0 Å². The lowest BCUT2D eigenvalue weighted by Crippen LogP contribution is -2.40. The third-order valence-corrected chi connectivity index (χ3v) is 3.02. The van der Waals surface area contributed by atoms with Gasteiger partial charge in [-0.2, -0.15) is 0 Å². The van der Waals surface area contributed by atoms with Gasteiger partial charge >= 0.3 is 0 Å². The predicted molar refractivity (Wildman–Crippen MR) is 94.1 cm³/mol. The van der Waals surface area contributed by atoms with E-state index in [-0.39, 0.29) is 24.0 Å². The van der Waals surface area contributed by atoms with Crippen molar-refractivity contribution in [3.8, 4) is 0 Å². The molecule has 20 heavy (non-hydrogen) atoms. The fourth-order valence-corrected chi connectivity index (χ4v) is 1.67. The average Bonchev–Trinajstić information content (AvgIpc) is 3.22. The SMILES string of the molecule is CCNC(=NCCOCC)N(C)CCOCC1CC1.I. The van der Waals surface area contributed by atoms with Crippen molar-refractivity contribution in [1.82, 2.24) is 10.2 Å². The summed E-state index contributed by atoms with van der Waals surface area (Å²) < 4.78 is 10.9. The van der Waals surface area contributed by atoms with Crippen LogP contribution in [0.5, 0.6) is 0 Å². The fourth-order valence-electron chi connectivity index (χ4n) is 1.67. The van der Waals surface area contributed by atoms with E-state index < -0.39 is 0 Å². The minimum absolute atomic E-state index is 0. The molecule has 1 saturated carbocycles. The van der Waals surface area contributed by atoms with Crippen molar-refractivity contribution in [2.24, 2.45) is 10.9 Å². The van der Waals surface area contributed by atoms with Crippen molar-refractivity contribution >= 4 is 29.9 Å². The monoisotopic (exact) mass is 399 g/mol. The van der Waals surface area contributed by atoms with Gasteiger partial charge in [-0.1, -0.05) is 0 Å². The van der Waals surface area contributed by atoms with Gasteiger partial charge in [-0.15, -0.1) is 24.0 Å². The van der Waals surface area contributed by atoms with E-state index in [0.717, 1.165) is 44.8 Å². The first kappa shape index (κ1) is 19.9. The standard InChI is InChI=1S/C14H29N3O2.HI/c1-4-15-14(16-8-10-18-5-2)17(3)9-11-19-12-13-6-7-13;/h13H,4-12H2,1-3H3,(H,15,16);1H. The summed E-state index contributed by atoms with van der Waals surface area (Å²) in [5.41, 5.74) is 0. The van der Waals surface area contributed by atoms with E-state index >= 15 is 0 Å². The molecule has 6 heteroatoms. The second kappa shape index (κ2) is 12.6. The first-order valence-corrected chi connectivity index (χ1v) is 7.42. The van der Waals surface area contributed by atoms with Crippen molar-refractivity contribution in [2.75, 3.05) is 53.1 Å².